The molecule has 0 bridgehead atoms. The molecule has 2 rings (SSSR count). The highest BCUT2D eigenvalue weighted by Crippen LogP contribution is 2.12. The topological polar surface area (TPSA) is 50.7 Å². The Balaban J connectivity index is 2.19. The van der Waals surface area contributed by atoms with Gasteiger partial charge in [-0.25, -0.2) is 9.97 Å². The molecule has 0 fully saturated rings. The molecule has 0 spiro atoms. The van der Waals surface area contributed by atoms with E-state index in [0.29, 0.717) is 0 Å². The summed E-state index contributed by atoms with van der Waals surface area (Å²) in [6.45, 7) is 5.26. The Bertz CT molecular complexity index is 525. The molecule has 0 aliphatic rings. The van der Waals surface area contributed by atoms with Crippen LogP contribution in [0, 0.1) is 0 Å². The Morgan fingerprint density at radius 2 is 2.05 bits per heavy atom. The van der Waals surface area contributed by atoms with Crippen molar-refractivity contribution in [1.29, 1.82) is 0 Å². The number of hydrogen-bond donors (Lipinski definition) is 1. The normalized spacial score (nSPS) is 10.5. The first-order chi connectivity index (χ1) is 9.81. The standard InChI is InChI=1S/C16H22N4/c1-3-6-14-11-15(18-8-4-2)20-16(19-14)10-13-7-5-9-17-12-13/h5,7,9,11-12H,3-4,6,8,10H2,1-2H3,(H,18,19,20). The summed E-state index contributed by atoms with van der Waals surface area (Å²) in [7, 11) is 0. The van der Waals surface area contributed by atoms with Crippen LogP contribution in [-0.4, -0.2) is 21.5 Å². The molecular formula is C16H22N4. The molecule has 4 heteroatoms. The van der Waals surface area contributed by atoms with Gasteiger partial charge in [0, 0.05) is 37.1 Å². The SMILES string of the molecule is CCCNc1cc(CCC)nc(Cc2cccnc2)n1. The summed E-state index contributed by atoms with van der Waals surface area (Å²) in [6, 6.07) is 6.06. The fraction of sp³-hybridized carbons (Fsp3) is 0.438. The number of aromatic nitrogens is 3. The van der Waals surface area contributed by atoms with E-state index in [2.05, 4.69) is 46.2 Å². The zero-order valence-electron chi connectivity index (χ0n) is 12.3. The summed E-state index contributed by atoms with van der Waals surface area (Å²) in [5.74, 6) is 1.80. The third-order valence-corrected chi connectivity index (χ3v) is 2.97. The molecule has 0 radical (unpaired) electrons. The van der Waals surface area contributed by atoms with Crippen LogP contribution in [0.15, 0.2) is 30.6 Å². The Morgan fingerprint density at radius 1 is 1.15 bits per heavy atom. The minimum absolute atomic E-state index is 0.728. The molecule has 4 nitrogen and oxygen atoms in total. The van der Waals surface area contributed by atoms with Crippen LogP contribution in [0.3, 0.4) is 0 Å². The fourth-order valence-corrected chi connectivity index (χ4v) is 2.04. The van der Waals surface area contributed by atoms with Gasteiger partial charge in [-0.2, -0.15) is 0 Å². The van der Waals surface area contributed by atoms with Gasteiger partial charge in [-0.15, -0.1) is 0 Å². The highest BCUT2D eigenvalue weighted by molar-refractivity contribution is 5.36. The Labute approximate surface area is 120 Å². The second kappa shape index (κ2) is 7.58. The van der Waals surface area contributed by atoms with Crippen LogP contribution in [-0.2, 0) is 12.8 Å². The summed E-state index contributed by atoms with van der Waals surface area (Å²) in [5.41, 5.74) is 2.25. The maximum Gasteiger partial charge on any atom is 0.135 e. The first kappa shape index (κ1) is 14.4. The smallest absolute Gasteiger partial charge is 0.135 e. The Morgan fingerprint density at radius 3 is 2.75 bits per heavy atom. The molecule has 0 unspecified atom stereocenters. The predicted molar refractivity (Wildman–Crippen MR) is 81.9 cm³/mol. The van der Waals surface area contributed by atoms with Gasteiger partial charge in [0.1, 0.15) is 11.6 Å². The zero-order chi connectivity index (χ0) is 14.2. The molecule has 0 aliphatic carbocycles. The molecule has 20 heavy (non-hydrogen) atoms. The number of aryl methyl sites for hydroxylation is 1. The molecule has 2 aromatic heterocycles. The van der Waals surface area contributed by atoms with E-state index >= 15 is 0 Å². The maximum atomic E-state index is 4.65. The number of nitrogens with one attached hydrogen (secondary N) is 1. The van der Waals surface area contributed by atoms with E-state index in [-0.39, 0.29) is 0 Å². The van der Waals surface area contributed by atoms with Crippen molar-refractivity contribution in [1.82, 2.24) is 15.0 Å². The van der Waals surface area contributed by atoms with E-state index in [1.54, 1.807) is 6.20 Å². The molecule has 0 aromatic carbocycles. The minimum Gasteiger partial charge on any atom is -0.370 e. The van der Waals surface area contributed by atoms with Gasteiger partial charge in [0.25, 0.3) is 0 Å². The lowest BCUT2D eigenvalue weighted by molar-refractivity contribution is 0.837. The van der Waals surface area contributed by atoms with Gasteiger partial charge in [-0.3, -0.25) is 4.98 Å². The van der Waals surface area contributed by atoms with Gasteiger partial charge < -0.3 is 5.32 Å². The largest absolute Gasteiger partial charge is 0.370 e. The van der Waals surface area contributed by atoms with Crippen molar-refractivity contribution < 1.29 is 0 Å². The van der Waals surface area contributed by atoms with Crippen molar-refractivity contribution in [2.75, 3.05) is 11.9 Å². The van der Waals surface area contributed by atoms with Crippen LogP contribution in [0.4, 0.5) is 5.82 Å². The summed E-state index contributed by atoms with van der Waals surface area (Å²) in [6.07, 6.45) is 7.55. The lowest BCUT2D eigenvalue weighted by atomic mass is 10.2. The predicted octanol–water partition coefficient (Wildman–Crippen LogP) is 3.24. The van der Waals surface area contributed by atoms with Crippen LogP contribution >= 0.6 is 0 Å². The second-order valence-corrected chi connectivity index (χ2v) is 4.88. The van der Waals surface area contributed by atoms with Crippen LogP contribution in [0.2, 0.25) is 0 Å². The molecule has 106 valence electrons. The second-order valence-electron chi connectivity index (χ2n) is 4.88. The number of anilines is 1. The zero-order valence-corrected chi connectivity index (χ0v) is 12.3. The summed E-state index contributed by atoms with van der Waals surface area (Å²) < 4.78 is 0. The van der Waals surface area contributed by atoms with Gasteiger partial charge in [0.15, 0.2) is 0 Å². The number of rotatable bonds is 7. The fourth-order valence-electron chi connectivity index (χ4n) is 2.04. The van der Waals surface area contributed by atoms with E-state index in [9.17, 15) is 0 Å². The maximum absolute atomic E-state index is 4.65. The quantitative estimate of drug-likeness (QED) is 0.839. The highest BCUT2D eigenvalue weighted by Gasteiger charge is 2.05. The van der Waals surface area contributed by atoms with Crippen molar-refractivity contribution in [2.45, 2.75) is 39.5 Å². The van der Waals surface area contributed by atoms with Gasteiger partial charge >= 0.3 is 0 Å². The summed E-state index contributed by atoms with van der Waals surface area (Å²) >= 11 is 0. The number of nitrogens with zero attached hydrogens (tertiary/aromatic N) is 3. The first-order valence-corrected chi connectivity index (χ1v) is 7.31. The number of hydrogen-bond acceptors (Lipinski definition) is 4. The van der Waals surface area contributed by atoms with Gasteiger partial charge in [-0.1, -0.05) is 26.3 Å². The lowest BCUT2D eigenvalue weighted by Gasteiger charge is -2.09. The average molecular weight is 270 g/mol. The monoisotopic (exact) mass is 270 g/mol. The van der Waals surface area contributed by atoms with Crippen molar-refractivity contribution in [3.8, 4) is 0 Å². The molecular weight excluding hydrogens is 248 g/mol. The molecule has 0 saturated heterocycles. The summed E-state index contributed by atoms with van der Waals surface area (Å²) in [5, 5.41) is 3.35. The van der Waals surface area contributed by atoms with Crippen LogP contribution in [0.1, 0.15) is 43.8 Å². The van der Waals surface area contributed by atoms with E-state index in [1.807, 2.05) is 12.3 Å². The van der Waals surface area contributed by atoms with E-state index in [4.69, 9.17) is 0 Å². The molecule has 0 atom stereocenters. The Kier molecular flexibility index (Phi) is 5.47. The molecule has 0 saturated carbocycles. The van der Waals surface area contributed by atoms with Crippen LogP contribution < -0.4 is 5.32 Å². The minimum atomic E-state index is 0.728. The van der Waals surface area contributed by atoms with Crippen LogP contribution in [0.25, 0.3) is 0 Å². The van der Waals surface area contributed by atoms with Gasteiger partial charge in [-0.05, 0) is 24.5 Å². The van der Waals surface area contributed by atoms with Crippen molar-refractivity contribution in [3.05, 3.63) is 47.7 Å². The third kappa shape index (κ3) is 4.30. The van der Waals surface area contributed by atoms with Crippen LogP contribution in [0.5, 0.6) is 0 Å². The third-order valence-electron chi connectivity index (χ3n) is 2.97. The molecule has 2 aromatic rings. The Hall–Kier alpha value is -1.97. The first-order valence-electron chi connectivity index (χ1n) is 7.31. The van der Waals surface area contributed by atoms with E-state index in [0.717, 1.165) is 55.1 Å². The lowest BCUT2D eigenvalue weighted by Crippen LogP contribution is -2.08. The molecule has 1 N–H and O–H groups in total. The summed E-state index contributed by atoms with van der Waals surface area (Å²) in [4.78, 5) is 13.4. The molecule has 0 amide bonds. The molecule has 0 aliphatic heterocycles. The van der Waals surface area contributed by atoms with Crippen molar-refractivity contribution in [3.63, 3.8) is 0 Å². The van der Waals surface area contributed by atoms with E-state index < -0.39 is 0 Å². The van der Waals surface area contributed by atoms with Gasteiger partial charge in [0.05, 0.1) is 0 Å². The van der Waals surface area contributed by atoms with E-state index in [1.165, 1.54) is 0 Å². The van der Waals surface area contributed by atoms with Crippen molar-refractivity contribution >= 4 is 5.82 Å². The highest BCUT2D eigenvalue weighted by atomic mass is 15.0. The van der Waals surface area contributed by atoms with Gasteiger partial charge in [0.2, 0.25) is 0 Å². The van der Waals surface area contributed by atoms with Crippen molar-refractivity contribution in [2.24, 2.45) is 0 Å². The number of pyridine rings is 1. The molecule has 2 heterocycles. The average Bonchev–Trinajstić information content (AvgIpc) is 2.46.